The molecule has 0 radical (unpaired) electrons. The van der Waals surface area contributed by atoms with Gasteiger partial charge in [0, 0.05) is 26.2 Å². The fourth-order valence-corrected chi connectivity index (χ4v) is 3.90. The Labute approximate surface area is 122 Å². The number of nitrogens with zero attached hydrogens (tertiary/aromatic N) is 3. The highest BCUT2D eigenvalue weighted by atomic mass is 32.1. The van der Waals surface area contributed by atoms with Gasteiger partial charge >= 0.3 is 0 Å². The van der Waals surface area contributed by atoms with E-state index in [9.17, 15) is 0 Å². The Morgan fingerprint density at radius 1 is 1.50 bits per heavy atom. The Hall–Kier alpha value is -1.24. The van der Waals surface area contributed by atoms with Crippen LogP contribution >= 0.6 is 11.3 Å². The van der Waals surface area contributed by atoms with Crippen LogP contribution in [0.1, 0.15) is 18.4 Å². The van der Waals surface area contributed by atoms with E-state index in [1.807, 2.05) is 0 Å². The zero-order chi connectivity index (χ0) is 14.1. The maximum atomic E-state index is 5.96. The molecule has 3 heterocycles. The quantitative estimate of drug-likeness (QED) is 0.936. The van der Waals surface area contributed by atoms with Crippen LogP contribution < -0.4 is 10.6 Å². The predicted molar refractivity (Wildman–Crippen MR) is 82.4 cm³/mol. The van der Waals surface area contributed by atoms with E-state index in [0.29, 0.717) is 12.6 Å². The molecule has 2 N–H and O–H groups in total. The van der Waals surface area contributed by atoms with E-state index in [0.717, 1.165) is 30.7 Å². The molecule has 2 atom stereocenters. The number of rotatable bonds is 3. The van der Waals surface area contributed by atoms with E-state index in [2.05, 4.69) is 27.2 Å². The normalized spacial score (nSPS) is 23.4. The van der Waals surface area contributed by atoms with Crippen LogP contribution in [-0.4, -0.2) is 42.3 Å². The lowest BCUT2D eigenvalue weighted by Crippen LogP contribution is -2.49. The summed E-state index contributed by atoms with van der Waals surface area (Å²) in [5, 5.41) is 2.14. The van der Waals surface area contributed by atoms with Crippen molar-refractivity contribution in [1.29, 1.82) is 0 Å². The van der Waals surface area contributed by atoms with Crippen LogP contribution in [0.3, 0.4) is 0 Å². The van der Waals surface area contributed by atoms with Gasteiger partial charge in [-0.1, -0.05) is 0 Å². The number of methoxy groups -OCH3 is 1. The number of ether oxygens (including phenoxy) is 1. The molecule has 2 unspecified atom stereocenters. The van der Waals surface area contributed by atoms with Crippen molar-refractivity contribution in [2.75, 3.05) is 25.1 Å². The largest absolute Gasteiger partial charge is 0.381 e. The Morgan fingerprint density at radius 3 is 3.10 bits per heavy atom. The Morgan fingerprint density at radius 2 is 2.35 bits per heavy atom. The van der Waals surface area contributed by atoms with Gasteiger partial charge in [0.1, 0.15) is 12.1 Å². The first kappa shape index (κ1) is 13.7. The molecular formula is C14H20N4OS. The molecule has 108 valence electrons. The highest BCUT2D eigenvalue weighted by molar-refractivity contribution is 7.18. The molecule has 20 heavy (non-hydrogen) atoms. The zero-order valence-corrected chi connectivity index (χ0v) is 12.7. The second kappa shape index (κ2) is 5.63. The van der Waals surface area contributed by atoms with Crippen molar-refractivity contribution in [2.24, 2.45) is 5.73 Å². The van der Waals surface area contributed by atoms with Crippen LogP contribution in [0.15, 0.2) is 11.7 Å². The lowest BCUT2D eigenvalue weighted by molar-refractivity contribution is 0.0708. The minimum atomic E-state index is 0.286. The van der Waals surface area contributed by atoms with Crippen molar-refractivity contribution in [3.63, 3.8) is 0 Å². The number of aromatic nitrogens is 2. The maximum absolute atomic E-state index is 5.96. The molecule has 0 bridgehead atoms. The molecule has 2 aromatic heterocycles. The molecule has 0 amide bonds. The molecule has 2 aromatic rings. The molecule has 0 aliphatic carbocycles. The summed E-state index contributed by atoms with van der Waals surface area (Å²) in [6.07, 6.45) is 3.95. The molecule has 1 saturated heterocycles. The number of hydrogen-bond acceptors (Lipinski definition) is 6. The fourth-order valence-electron chi connectivity index (χ4n) is 2.89. The summed E-state index contributed by atoms with van der Waals surface area (Å²) in [7, 11) is 1.78. The van der Waals surface area contributed by atoms with Gasteiger partial charge < -0.3 is 15.4 Å². The van der Waals surface area contributed by atoms with Gasteiger partial charge in [0.2, 0.25) is 0 Å². The molecular weight excluding hydrogens is 272 g/mol. The molecule has 0 aromatic carbocycles. The van der Waals surface area contributed by atoms with Crippen molar-refractivity contribution in [1.82, 2.24) is 9.97 Å². The monoisotopic (exact) mass is 292 g/mol. The lowest BCUT2D eigenvalue weighted by Gasteiger charge is -2.39. The maximum Gasteiger partial charge on any atom is 0.150 e. The number of thiophene rings is 1. The molecule has 1 aliphatic heterocycles. The average Bonchev–Trinajstić information content (AvgIpc) is 2.88. The summed E-state index contributed by atoms with van der Waals surface area (Å²) in [5.41, 5.74) is 8.23. The smallest absolute Gasteiger partial charge is 0.150 e. The van der Waals surface area contributed by atoms with Crippen molar-refractivity contribution in [3.05, 3.63) is 17.3 Å². The Bertz CT molecular complexity index is 600. The number of aryl methyl sites for hydroxylation is 1. The van der Waals surface area contributed by atoms with Gasteiger partial charge in [-0.15, -0.1) is 11.3 Å². The SMILES string of the molecule is COC1CCN(c2ncnc3c(C)csc23)C(CN)C1. The van der Waals surface area contributed by atoms with Crippen molar-refractivity contribution >= 4 is 27.4 Å². The number of fused-ring (bicyclic) bond motifs is 1. The summed E-state index contributed by atoms with van der Waals surface area (Å²) >= 11 is 1.71. The first-order chi connectivity index (χ1) is 9.74. The Kier molecular flexibility index (Phi) is 3.87. The fraction of sp³-hybridized carbons (Fsp3) is 0.571. The van der Waals surface area contributed by atoms with Crippen molar-refractivity contribution < 1.29 is 4.74 Å². The highest BCUT2D eigenvalue weighted by Gasteiger charge is 2.29. The lowest BCUT2D eigenvalue weighted by atomic mass is 9.99. The number of hydrogen-bond donors (Lipinski definition) is 1. The summed E-state index contributed by atoms with van der Waals surface area (Å²) in [5.74, 6) is 1.03. The molecule has 0 saturated carbocycles. The standard InChI is InChI=1S/C14H20N4OS/c1-9-7-20-13-12(9)16-8-17-14(13)18-4-3-11(19-2)5-10(18)6-15/h7-8,10-11H,3-6,15H2,1-2H3. The number of anilines is 1. The van der Waals surface area contributed by atoms with Gasteiger partial charge in [-0.25, -0.2) is 9.97 Å². The van der Waals surface area contributed by atoms with Crippen molar-refractivity contribution in [3.8, 4) is 0 Å². The summed E-state index contributed by atoms with van der Waals surface area (Å²) < 4.78 is 6.65. The third kappa shape index (κ3) is 2.28. The van der Waals surface area contributed by atoms with Crippen molar-refractivity contribution in [2.45, 2.75) is 31.9 Å². The van der Waals surface area contributed by atoms with E-state index >= 15 is 0 Å². The summed E-state index contributed by atoms with van der Waals surface area (Å²) in [6.45, 7) is 3.65. The van der Waals surface area contributed by atoms with E-state index in [-0.39, 0.29) is 6.04 Å². The predicted octanol–water partition coefficient (Wildman–Crippen LogP) is 1.94. The van der Waals surface area contributed by atoms with E-state index < -0.39 is 0 Å². The molecule has 1 fully saturated rings. The molecule has 0 spiro atoms. The van der Waals surface area contributed by atoms with E-state index in [4.69, 9.17) is 10.5 Å². The van der Waals surface area contributed by atoms with Crippen LogP contribution in [0.25, 0.3) is 10.2 Å². The van der Waals surface area contributed by atoms with Gasteiger partial charge in [-0.05, 0) is 30.7 Å². The minimum Gasteiger partial charge on any atom is -0.381 e. The van der Waals surface area contributed by atoms with Crippen LogP contribution in [0.4, 0.5) is 5.82 Å². The summed E-state index contributed by atoms with van der Waals surface area (Å²) in [6, 6.07) is 0.286. The molecule has 3 rings (SSSR count). The topological polar surface area (TPSA) is 64.3 Å². The first-order valence-corrected chi connectivity index (χ1v) is 7.80. The van der Waals surface area contributed by atoms with E-state index in [1.54, 1.807) is 24.8 Å². The molecule has 5 nitrogen and oxygen atoms in total. The van der Waals surface area contributed by atoms with E-state index in [1.165, 1.54) is 10.3 Å². The minimum absolute atomic E-state index is 0.286. The number of piperidine rings is 1. The molecule has 6 heteroatoms. The number of nitrogens with two attached hydrogens (primary N) is 1. The van der Waals surface area contributed by atoms with Crippen LogP contribution in [0.5, 0.6) is 0 Å². The van der Waals surface area contributed by atoms with Crippen LogP contribution in [-0.2, 0) is 4.74 Å². The van der Waals surface area contributed by atoms with Crippen LogP contribution in [0, 0.1) is 6.92 Å². The third-order valence-electron chi connectivity index (χ3n) is 4.06. The van der Waals surface area contributed by atoms with Gasteiger partial charge in [0.15, 0.2) is 0 Å². The van der Waals surface area contributed by atoms with Gasteiger partial charge in [0.05, 0.1) is 16.3 Å². The second-order valence-corrected chi connectivity index (χ2v) is 6.14. The van der Waals surface area contributed by atoms with Gasteiger partial charge in [0.25, 0.3) is 0 Å². The zero-order valence-electron chi connectivity index (χ0n) is 11.9. The first-order valence-electron chi connectivity index (χ1n) is 6.93. The van der Waals surface area contributed by atoms with Crippen LogP contribution in [0.2, 0.25) is 0 Å². The van der Waals surface area contributed by atoms with Gasteiger partial charge in [-0.2, -0.15) is 0 Å². The Balaban J connectivity index is 1.97. The molecule has 1 aliphatic rings. The second-order valence-electron chi connectivity index (χ2n) is 5.26. The van der Waals surface area contributed by atoms with Gasteiger partial charge in [-0.3, -0.25) is 0 Å². The summed E-state index contributed by atoms with van der Waals surface area (Å²) in [4.78, 5) is 11.2. The highest BCUT2D eigenvalue weighted by Crippen LogP contribution is 2.34. The third-order valence-corrected chi connectivity index (χ3v) is 5.14. The average molecular weight is 292 g/mol.